The number of aromatic nitrogens is 3. The number of ether oxygens (including phenoxy) is 2. The van der Waals surface area contributed by atoms with Crippen molar-refractivity contribution in [2.45, 2.75) is 12.5 Å². The largest absolute Gasteiger partial charge is 0.378 e. The zero-order chi connectivity index (χ0) is 25.1. The first-order valence-electron chi connectivity index (χ1n) is 11.7. The van der Waals surface area contributed by atoms with Crippen molar-refractivity contribution in [3.8, 4) is 11.3 Å². The van der Waals surface area contributed by atoms with E-state index in [4.69, 9.17) is 9.47 Å². The number of nitrogens with one attached hydrogen (secondary N) is 1. The molecular formula is C24H25F3N6O3. The molecule has 9 nitrogen and oxygen atoms in total. The van der Waals surface area contributed by atoms with Gasteiger partial charge in [0.15, 0.2) is 5.82 Å². The van der Waals surface area contributed by atoms with Gasteiger partial charge in [-0.1, -0.05) is 6.07 Å². The minimum Gasteiger partial charge on any atom is -0.378 e. The SMILES string of the molecule is O=C(C(F)F)N1CCO[C@H](CNc2nc(-c3ccc(N4CCOCC4)c(F)c3)cc3nccnc23)C1. The highest BCUT2D eigenvalue weighted by Gasteiger charge is 2.29. The second kappa shape index (κ2) is 10.6. The van der Waals surface area contributed by atoms with E-state index in [1.165, 1.54) is 12.3 Å². The van der Waals surface area contributed by atoms with Gasteiger partial charge in [-0.15, -0.1) is 0 Å². The molecule has 0 spiro atoms. The Morgan fingerprint density at radius 1 is 1.11 bits per heavy atom. The maximum absolute atomic E-state index is 15.0. The van der Waals surface area contributed by atoms with E-state index in [9.17, 15) is 13.6 Å². The molecule has 1 atom stereocenters. The smallest absolute Gasteiger partial charge is 0.315 e. The van der Waals surface area contributed by atoms with Crippen molar-refractivity contribution in [1.82, 2.24) is 19.9 Å². The summed E-state index contributed by atoms with van der Waals surface area (Å²) >= 11 is 0. The lowest BCUT2D eigenvalue weighted by atomic mass is 10.1. The second-order valence-corrected chi connectivity index (χ2v) is 8.50. The van der Waals surface area contributed by atoms with Gasteiger partial charge in [0.05, 0.1) is 42.8 Å². The van der Waals surface area contributed by atoms with Crippen molar-refractivity contribution in [3.63, 3.8) is 0 Å². The summed E-state index contributed by atoms with van der Waals surface area (Å²) in [4.78, 5) is 28.1. The van der Waals surface area contributed by atoms with E-state index in [-0.39, 0.29) is 32.1 Å². The predicted molar refractivity (Wildman–Crippen MR) is 127 cm³/mol. The molecule has 5 rings (SSSR count). The fraction of sp³-hybridized carbons (Fsp3) is 0.417. The van der Waals surface area contributed by atoms with E-state index in [2.05, 4.69) is 20.3 Å². The van der Waals surface area contributed by atoms with E-state index in [0.29, 0.717) is 60.1 Å². The third kappa shape index (κ3) is 5.19. The van der Waals surface area contributed by atoms with E-state index < -0.39 is 18.4 Å². The first kappa shape index (κ1) is 24.2. The minimum atomic E-state index is -3.05. The Morgan fingerprint density at radius 2 is 1.92 bits per heavy atom. The Labute approximate surface area is 205 Å². The number of carbonyl (C=O) groups excluding carboxylic acids is 1. The number of fused-ring (bicyclic) bond motifs is 1. The molecule has 2 saturated heterocycles. The predicted octanol–water partition coefficient (Wildman–Crippen LogP) is 2.57. The third-order valence-electron chi connectivity index (χ3n) is 6.19. The number of amides is 1. The Hall–Kier alpha value is -3.51. The van der Waals surface area contributed by atoms with E-state index in [0.717, 1.165) is 4.90 Å². The maximum atomic E-state index is 15.0. The Bertz CT molecular complexity index is 1240. The molecule has 2 aliphatic rings. The number of benzene rings is 1. The standard InChI is InChI=1S/C24H25F3N6O3/c25-17-11-15(1-2-20(17)32-5-8-35-9-6-32)18-12-19-21(29-4-3-28-19)23(31-18)30-13-16-14-33(7-10-36-16)24(34)22(26)27/h1-4,11-12,16,22H,5-10,13-14H2,(H,30,31)/t16-/m1/s1. The molecular weight excluding hydrogens is 477 g/mol. The summed E-state index contributed by atoms with van der Waals surface area (Å²) in [6, 6.07) is 6.71. The van der Waals surface area contributed by atoms with E-state index in [1.54, 1.807) is 24.4 Å². The van der Waals surface area contributed by atoms with Crippen LogP contribution in [0.4, 0.5) is 24.7 Å². The summed E-state index contributed by atoms with van der Waals surface area (Å²) in [7, 11) is 0. The van der Waals surface area contributed by atoms with Crippen molar-refractivity contribution in [3.05, 3.63) is 42.5 Å². The van der Waals surface area contributed by atoms with Gasteiger partial charge in [0.25, 0.3) is 5.91 Å². The van der Waals surface area contributed by atoms with Crippen LogP contribution in [0.1, 0.15) is 0 Å². The van der Waals surface area contributed by atoms with Crippen molar-refractivity contribution in [1.29, 1.82) is 0 Å². The summed E-state index contributed by atoms with van der Waals surface area (Å²) in [6.45, 7) is 2.88. The second-order valence-electron chi connectivity index (χ2n) is 8.50. The number of carbonyl (C=O) groups is 1. The highest BCUT2D eigenvalue weighted by molar-refractivity contribution is 5.88. The van der Waals surface area contributed by atoms with Gasteiger partial charge in [0.1, 0.15) is 11.3 Å². The number of rotatable bonds is 6. The van der Waals surface area contributed by atoms with Crippen LogP contribution in [-0.2, 0) is 14.3 Å². The number of halogens is 3. The van der Waals surface area contributed by atoms with Gasteiger partial charge in [-0.2, -0.15) is 8.78 Å². The zero-order valence-corrected chi connectivity index (χ0v) is 19.4. The number of morpholine rings is 2. The van der Waals surface area contributed by atoms with Crippen LogP contribution in [0.3, 0.4) is 0 Å². The van der Waals surface area contributed by atoms with Gasteiger partial charge < -0.3 is 24.6 Å². The fourth-order valence-corrected chi connectivity index (χ4v) is 4.36. The van der Waals surface area contributed by atoms with Gasteiger partial charge in [-0.25, -0.2) is 14.4 Å². The molecule has 0 bridgehead atoms. The lowest BCUT2D eigenvalue weighted by molar-refractivity contribution is -0.149. The minimum absolute atomic E-state index is 0.0354. The van der Waals surface area contributed by atoms with E-state index >= 15 is 4.39 Å². The highest BCUT2D eigenvalue weighted by atomic mass is 19.3. The number of hydrogen-bond donors (Lipinski definition) is 1. The molecule has 3 aromatic rings. The Balaban J connectivity index is 1.38. The van der Waals surface area contributed by atoms with Crippen molar-refractivity contribution >= 4 is 28.4 Å². The average molecular weight is 502 g/mol. The van der Waals surface area contributed by atoms with Crippen LogP contribution in [0.25, 0.3) is 22.3 Å². The first-order chi connectivity index (χ1) is 17.5. The summed E-state index contributed by atoms with van der Waals surface area (Å²) in [6.07, 6.45) is -0.477. The monoisotopic (exact) mass is 502 g/mol. The number of nitrogens with zero attached hydrogens (tertiary/aromatic N) is 5. The highest BCUT2D eigenvalue weighted by Crippen LogP contribution is 2.29. The van der Waals surface area contributed by atoms with E-state index in [1.807, 2.05) is 4.90 Å². The molecule has 0 radical (unpaired) electrons. The normalized spacial score (nSPS) is 18.6. The Morgan fingerprint density at radius 3 is 2.69 bits per heavy atom. The maximum Gasteiger partial charge on any atom is 0.315 e. The number of alkyl halides is 2. The summed E-state index contributed by atoms with van der Waals surface area (Å²) < 4.78 is 51.7. The van der Waals surface area contributed by atoms with Crippen LogP contribution < -0.4 is 10.2 Å². The summed E-state index contributed by atoms with van der Waals surface area (Å²) in [5, 5.41) is 3.15. The number of hydrogen-bond acceptors (Lipinski definition) is 8. The van der Waals surface area contributed by atoms with Crippen LogP contribution in [0.5, 0.6) is 0 Å². The fourth-order valence-electron chi connectivity index (χ4n) is 4.36. The van der Waals surface area contributed by atoms with Gasteiger partial charge in [-0.3, -0.25) is 9.78 Å². The molecule has 36 heavy (non-hydrogen) atoms. The Kier molecular flexibility index (Phi) is 7.14. The summed E-state index contributed by atoms with van der Waals surface area (Å²) in [5.41, 5.74) is 2.64. The van der Waals surface area contributed by atoms with Crippen LogP contribution in [0.15, 0.2) is 36.7 Å². The zero-order valence-electron chi connectivity index (χ0n) is 19.4. The van der Waals surface area contributed by atoms with Crippen LogP contribution in [0.2, 0.25) is 0 Å². The third-order valence-corrected chi connectivity index (χ3v) is 6.19. The molecule has 2 fully saturated rings. The molecule has 0 unspecified atom stereocenters. The van der Waals surface area contributed by atoms with Gasteiger partial charge in [0.2, 0.25) is 0 Å². The quantitative estimate of drug-likeness (QED) is 0.550. The molecule has 0 saturated carbocycles. The number of pyridine rings is 1. The van der Waals surface area contributed by atoms with Crippen LogP contribution in [0, 0.1) is 5.82 Å². The number of anilines is 2. The van der Waals surface area contributed by atoms with Crippen molar-refractivity contribution in [2.24, 2.45) is 0 Å². The lowest BCUT2D eigenvalue weighted by Crippen LogP contribution is -2.49. The molecule has 2 aliphatic heterocycles. The van der Waals surface area contributed by atoms with Crippen LogP contribution in [-0.4, -0.2) is 90.8 Å². The molecule has 12 heteroatoms. The van der Waals surface area contributed by atoms with Gasteiger partial charge in [0, 0.05) is 50.7 Å². The first-order valence-corrected chi connectivity index (χ1v) is 11.7. The lowest BCUT2D eigenvalue weighted by Gasteiger charge is -2.33. The molecule has 190 valence electrons. The van der Waals surface area contributed by atoms with Crippen molar-refractivity contribution in [2.75, 3.05) is 62.8 Å². The summed E-state index contributed by atoms with van der Waals surface area (Å²) in [5.74, 6) is -1.17. The molecule has 4 heterocycles. The molecule has 2 aromatic heterocycles. The molecule has 0 aliphatic carbocycles. The van der Waals surface area contributed by atoms with Gasteiger partial charge >= 0.3 is 6.43 Å². The molecule has 1 aromatic carbocycles. The van der Waals surface area contributed by atoms with Crippen molar-refractivity contribution < 1.29 is 27.4 Å². The molecule has 1 amide bonds. The molecule has 1 N–H and O–H groups in total. The van der Waals surface area contributed by atoms with Crippen LogP contribution >= 0.6 is 0 Å². The topological polar surface area (TPSA) is 92.7 Å². The average Bonchev–Trinajstić information content (AvgIpc) is 2.91. The van der Waals surface area contributed by atoms with Gasteiger partial charge in [-0.05, 0) is 18.2 Å².